The van der Waals surface area contributed by atoms with Crippen molar-refractivity contribution >= 4 is 23.4 Å². The zero-order valence-electron chi connectivity index (χ0n) is 15.6. The van der Waals surface area contributed by atoms with Crippen LogP contribution in [0.15, 0.2) is 78.9 Å². The maximum Gasteiger partial charge on any atom is 0.238 e. The molecule has 1 unspecified atom stereocenters. The number of ether oxygens (including phenoxy) is 2. The van der Waals surface area contributed by atoms with Gasteiger partial charge in [-0.15, -0.1) is 11.8 Å². The van der Waals surface area contributed by atoms with Gasteiger partial charge in [0.05, 0.1) is 12.9 Å². The molecule has 3 aromatic rings. The molecule has 0 bridgehead atoms. The van der Waals surface area contributed by atoms with Crippen LogP contribution in [-0.4, -0.2) is 18.8 Å². The fraction of sp³-hybridized carbons (Fsp3) is 0.174. The molecule has 5 heteroatoms. The van der Waals surface area contributed by atoms with Gasteiger partial charge in [-0.25, -0.2) is 0 Å². The molecule has 28 heavy (non-hydrogen) atoms. The smallest absolute Gasteiger partial charge is 0.238 e. The number of carbonyl (C=O) groups excluding carboxylic acids is 1. The Morgan fingerprint density at radius 1 is 0.964 bits per heavy atom. The molecule has 3 aromatic carbocycles. The third-order valence-corrected chi connectivity index (χ3v) is 5.83. The number of rotatable bonds is 6. The van der Waals surface area contributed by atoms with E-state index >= 15 is 0 Å². The van der Waals surface area contributed by atoms with Gasteiger partial charge in [-0.3, -0.25) is 9.69 Å². The second kappa shape index (κ2) is 8.40. The number of methoxy groups -OCH3 is 1. The van der Waals surface area contributed by atoms with E-state index in [1.165, 1.54) is 0 Å². The average molecular weight is 391 g/mol. The van der Waals surface area contributed by atoms with Crippen LogP contribution >= 0.6 is 11.8 Å². The van der Waals surface area contributed by atoms with Gasteiger partial charge < -0.3 is 9.47 Å². The summed E-state index contributed by atoms with van der Waals surface area (Å²) in [7, 11) is 1.63. The highest BCUT2D eigenvalue weighted by atomic mass is 32.2. The first-order valence-electron chi connectivity index (χ1n) is 9.09. The number of amides is 1. The lowest BCUT2D eigenvalue weighted by atomic mass is 10.1. The van der Waals surface area contributed by atoms with E-state index in [1.54, 1.807) is 18.9 Å². The van der Waals surface area contributed by atoms with Crippen LogP contribution in [0.25, 0.3) is 0 Å². The standard InChI is InChI=1S/C23H21NO3S/c1-26-21-9-5-8-19(14-21)24-22(25)16-28-23(24)18-10-12-20(13-11-18)27-15-17-6-3-2-4-7-17/h2-14,23H,15-16H2,1H3. The van der Waals surface area contributed by atoms with Crippen LogP contribution in [0.1, 0.15) is 16.5 Å². The molecule has 0 spiro atoms. The maximum atomic E-state index is 12.5. The number of nitrogens with zero attached hydrogens (tertiary/aromatic N) is 1. The Labute approximate surface area is 169 Å². The van der Waals surface area contributed by atoms with Crippen molar-refractivity contribution in [2.24, 2.45) is 0 Å². The molecule has 1 atom stereocenters. The van der Waals surface area contributed by atoms with Crippen molar-refractivity contribution in [1.82, 2.24) is 0 Å². The van der Waals surface area contributed by atoms with Crippen molar-refractivity contribution in [3.63, 3.8) is 0 Å². The van der Waals surface area contributed by atoms with Crippen molar-refractivity contribution in [3.05, 3.63) is 90.0 Å². The first-order chi connectivity index (χ1) is 13.7. The monoisotopic (exact) mass is 391 g/mol. The highest BCUT2D eigenvalue weighted by Gasteiger charge is 2.34. The third-order valence-electron chi connectivity index (χ3n) is 4.61. The Morgan fingerprint density at radius 3 is 2.50 bits per heavy atom. The Bertz CT molecular complexity index is 944. The van der Waals surface area contributed by atoms with E-state index in [-0.39, 0.29) is 11.3 Å². The lowest BCUT2D eigenvalue weighted by Crippen LogP contribution is -2.27. The number of hydrogen-bond acceptors (Lipinski definition) is 4. The molecule has 0 aliphatic carbocycles. The summed E-state index contributed by atoms with van der Waals surface area (Å²) in [5, 5.41) is -0.0530. The lowest BCUT2D eigenvalue weighted by molar-refractivity contribution is -0.115. The quantitative estimate of drug-likeness (QED) is 0.589. The summed E-state index contributed by atoms with van der Waals surface area (Å²) in [5.41, 5.74) is 3.06. The highest BCUT2D eigenvalue weighted by molar-refractivity contribution is 8.00. The Hall–Kier alpha value is -2.92. The summed E-state index contributed by atoms with van der Waals surface area (Å²) in [6.45, 7) is 0.535. The molecule has 0 N–H and O–H groups in total. The van der Waals surface area contributed by atoms with Gasteiger partial charge in [0.2, 0.25) is 5.91 Å². The predicted molar refractivity (Wildman–Crippen MR) is 113 cm³/mol. The molecule has 4 nitrogen and oxygen atoms in total. The summed E-state index contributed by atoms with van der Waals surface area (Å²) < 4.78 is 11.2. The van der Waals surface area contributed by atoms with Gasteiger partial charge in [-0.05, 0) is 35.4 Å². The fourth-order valence-corrected chi connectivity index (χ4v) is 4.36. The Morgan fingerprint density at radius 2 is 1.75 bits per heavy atom. The lowest BCUT2D eigenvalue weighted by Gasteiger charge is -2.25. The summed E-state index contributed by atoms with van der Waals surface area (Å²) in [4.78, 5) is 14.4. The van der Waals surface area contributed by atoms with Gasteiger partial charge in [0.25, 0.3) is 0 Å². The van der Waals surface area contributed by atoms with Crippen molar-refractivity contribution in [3.8, 4) is 11.5 Å². The molecule has 142 valence electrons. The van der Waals surface area contributed by atoms with Crippen LogP contribution in [0.5, 0.6) is 11.5 Å². The minimum Gasteiger partial charge on any atom is -0.497 e. The van der Waals surface area contributed by atoms with Crippen LogP contribution in [0.3, 0.4) is 0 Å². The second-order valence-electron chi connectivity index (χ2n) is 6.47. The molecule has 1 heterocycles. The van der Waals surface area contributed by atoms with Gasteiger partial charge in [0, 0.05) is 11.8 Å². The first-order valence-corrected chi connectivity index (χ1v) is 10.1. The number of thioether (sulfide) groups is 1. The Balaban J connectivity index is 1.50. The molecule has 0 aromatic heterocycles. The van der Waals surface area contributed by atoms with Crippen molar-refractivity contribution < 1.29 is 14.3 Å². The highest BCUT2D eigenvalue weighted by Crippen LogP contribution is 2.42. The molecule has 1 saturated heterocycles. The van der Waals surface area contributed by atoms with Gasteiger partial charge in [0.15, 0.2) is 0 Å². The van der Waals surface area contributed by atoms with Crippen molar-refractivity contribution in [2.45, 2.75) is 12.0 Å². The maximum absolute atomic E-state index is 12.5. The first kappa shape index (κ1) is 18.4. The zero-order chi connectivity index (χ0) is 19.3. The predicted octanol–water partition coefficient (Wildman–Crippen LogP) is 5.05. The molecule has 0 radical (unpaired) electrons. The van der Waals surface area contributed by atoms with E-state index in [2.05, 4.69) is 0 Å². The van der Waals surface area contributed by atoms with E-state index in [9.17, 15) is 4.79 Å². The van der Waals surface area contributed by atoms with Crippen molar-refractivity contribution in [1.29, 1.82) is 0 Å². The normalized spacial score (nSPS) is 16.2. The van der Waals surface area contributed by atoms with Gasteiger partial charge in [-0.1, -0.05) is 48.5 Å². The van der Waals surface area contributed by atoms with Crippen LogP contribution < -0.4 is 14.4 Å². The SMILES string of the molecule is COc1cccc(N2C(=O)CSC2c2ccc(OCc3ccccc3)cc2)c1. The van der Waals surface area contributed by atoms with Crippen LogP contribution in [0.4, 0.5) is 5.69 Å². The zero-order valence-corrected chi connectivity index (χ0v) is 16.4. The molecule has 1 fully saturated rings. The molecule has 1 amide bonds. The van der Waals surface area contributed by atoms with Crippen LogP contribution in [0, 0.1) is 0 Å². The van der Waals surface area contributed by atoms with E-state index in [0.29, 0.717) is 12.4 Å². The summed E-state index contributed by atoms with van der Waals surface area (Å²) in [5.74, 6) is 2.13. The van der Waals surface area contributed by atoms with E-state index in [1.807, 2.05) is 83.8 Å². The van der Waals surface area contributed by atoms with E-state index in [4.69, 9.17) is 9.47 Å². The number of carbonyl (C=O) groups is 1. The fourth-order valence-electron chi connectivity index (χ4n) is 3.18. The van der Waals surface area contributed by atoms with Crippen molar-refractivity contribution in [2.75, 3.05) is 17.8 Å². The van der Waals surface area contributed by atoms with E-state index < -0.39 is 0 Å². The molecular formula is C23H21NO3S. The summed E-state index contributed by atoms with van der Waals surface area (Å²) in [6.07, 6.45) is 0. The number of benzene rings is 3. The van der Waals surface area contributed by atoms with Gasteiger partial charge >= 0.3 is 0 Å². The third kappa shape index (κ3) is 3.99. The molecule has 0 saturated carbocycles. The minimum absolute atomic E-state index is 0.0530. The molecule has 4 rings (SSSR count). The Kier molecular flexibility index (Phi) is 5.53. The van der Waals surface area contributed by atoms with Crippen LogP contribution in [-0.2, 0) is 11.4 Å². The average Bonchev–Trinajstić information content (AvgIpc) is 3.15. The minimum atomic E-state index is -0.0530. The molecule has 1 aliphatic heterocycles. The largest absolute Gasteiger partial charge is 0.497 e. The number of hydrogen-bond donors (Lipinski definition) is 0. The topological polar surface area (TPSA) is 38.8 Å². The summed E-state index contributed by atoms with van der Waals surface area (Å²) in [6, 6.07) is 25.7. The van der Waals surface area contributed by atoms with Gasteiger partial charge in [-0.2, -0.15) is 0 Å². The van der Waals surface area contributed by atoms with Crippen LogP contribution in [0.2, 0.25) is 0 Å². The molecular weight excluding hydrogens is 370 g/mol. The molecule has 1 aliphatic rings. The van der Waals surface area contributed by atoms with E-state index in [0.717, 1.165) is 28.3 Å². The van der Waals surface area contributed by atoms with Gasteiger partial charge in [0.1, 0.15) is 23.5 Å². The number of anilines is 1. The second-order valence-corrected chi connectivity index (χ2v) is 7.54. The summed E-state index contributed by atoms with van der Waals surface area (Å²) >= 11 is 1.63.